The minimum atomic E-state index is -0.286. The average molecular weight is 241 g/mol. The number of nitrogens with zero attached hydrogens (tertiary/aromatic N) is 3. The van der Waals surface area contributed by atoms with Crippen LogP contribution in [0.5, 0.6) is 0 Å². The molecule has 0 fully saturated rings. The molecule has 0 aliphatic carbocycles. The Kier molecular flexibility index (Phi) is 2.57. The van der Waals surface area contributed by atoms with Gasteiger partial charge in [-0.2, -0.15) is 0 Å². The van der Waals surface area contributed by atoms with E-state index in [9.17, 15) is 4.39 Å². The first-order valence-corrected chi connectivity index (χ1v) is 5.30. The van der Waals surface area contributed by atoms with E-state index in [4.69, 9.17) is 4.42 Å². The van der Waals surface area contributed by atoms with E-state index in [1.165, 1.54) is 24.9 Å². The predicted octanol–water partition coefficient (Wildman–Crippen LogP) is 2.94. The van der Waals surface area contributed by atoms with Crippen molar-refractivity contribution in [3.05, 3.63) is 55.1 Å². The third kappa shape index (κ3) is 1.86. The summed E-state index contributed by atoms with van der Waals surface area (Å²) in [4.78, 5) is 12.1. The van der Waals surface area contributed by atoms with Crippen LogP contribution in [0.3, 0.4) is 0 Å². The van der Waals surface area contributed by atoms with Crippen LogP contribution < -0.4 is 0 Å². The molecular weight excluding hydrogens is 233 g/mol. The van der Waals surface area contributed by atoms with E-state index in [1.807, 2.05) is 0 Å². The first-order valence-electron chi connectivity index (χ1n) is 5.30. The first-order chi connectivity index (χ1) is 8.84. The summed E-state index contributed by atoms with van der Waals surface area (Å²) >= 11 is 0. The highest BCUT2D eigenvalue weighted by Crippen LogP contribution is 2.29. The molecule has 0 aliphatic rings. The van der Waals surface area contributed by atoms with E-state index in [1.54, 1.807) is 24.4 Å². The zero-order valence-corrected chi connectivity index (χ0v) is 9.25. The van der Waals surface area contributed by atoms with E-state index >= 15 is 0 Å². The minimum Gasteiger partial charge on any atom is -0.441 e. The van der Waals surface area contributed by atoms with E-state index in [0.29, 0.717) is 17.1 Å². The lowest BCUT2D eigenvalue weighted by Gasteiger charge is -2.00. The SMILES string of the molecule is Fc1ccc(-c2ncoc2-c2ccncn2)cc1. The fraction of sp³-hybridized carbons (Fsp3) is 0. The molecule has 0 unspecified atom stereocenters. The molecule has 0 saturated carbocycles. The van der Waals surface area contributed by atoms with Gasteiger partial charge in [-0.3, -0.25) is 0 Å². The average Bonchev–Trinajstić information content (AvgIpc) is 2.90. The summed E-state index contributed by atoms with van der Waals surface area (Å²) in [5.41, 5.74) is 2.05. The first kappa shape index (κ1) is 10.6. The second-order valence-corrected chi connectivity index (χ2v) is 3.63. The molecule has 5 heteroatoms. The standard InChI is InChI=1S/C13H8FN3O/c14-10-3-1-9(2-4-10)12-13(18-8-17-12)11-5-6-15-7-16-11/h1-8H. The maximum absolute atomic E-state index is 12.9. The van der Waals surface area contributed by atoms with Crippen molar-refractivity contribution in [2.75, 3.05) is 0 Å². The molecule has 0 radical (unpaired) electrons. The van der Waals surface area contributed by atoms with Gasteiger partial charge in [0.1, 0.15) is 23.5 Å². The molecule has 0 aliphatic heterocycles. The van der Waals surface area contributed by atoms with Crippen molar-refractivity contribution in [1.82, 2.24) is 15.0 Å². The third-order valence-electron chi connectivity index (χ3n) is 2.50. The molecule has 0 spiro atoms. The van der Waals surface area contributed by atoms with Crippen LogP contribution in [0, 0.1) is 5.82 Å². The maximum atomic E-state index is 12.9. The molecule has 2 aromatic heterocycles. The van der Waals surface area contributed by atoms with Crippen molar-refractivity contribution in [3.8, 4) is 22.7 Å². The minimum absolute atomic E-state index is 0.286. The summed E-state index contributed by atoms with van der Waals surface area (Å²) in [6.45, 7) is 0. The van der Waals surface area contributed by atoms with Crippen molar-refractivity contribution < 1.29 is 8.81 Å². The van der Waals surface area contributed by atoms with Gasteiger partial charge in [0.2, 0.25) is 0 Å². The summed E-state index contributed by atoms with van der Waals surface area (Å²) in [6.07, 6.45) is 4.40. The van der Waals surface area contributed by atoms with Gasteiger partial charge in [0.25, 0.3) is 0 Å². The zero-order chi connectivity index (χ0) is 12.4. The van der Waals surface area contributed by atoms with Gasteiger partial charge in [-0.1, -0.05) is 0 Å². The highest BCUT2D eigenvalue weighted by atomic mass is 19.1. The predicted molar refractivity (Wildman–Crippen MR) is 62.9 cm³/mol. The number of oxazole rings is 1. The molecule has 88 valence electrons. The Hall–Kier alpha value is -2.56. The van der Waals surface area contributed by atoms with Crippen molar-refractivity contribution in [2.45, 2.75) is 0 Å². The second-order valence-electron chi connectivity index (χ2n) is 3.63. The van der Waals surface area contributed by atoms with Crippen LogP contribution >= 0.6 is 0 Å². The number of rotatable bonds is 2. The molecule has 0 saturated heterocycles. The highest BCUT2D eigenvalue weighted by Gasteiger charge is 2.13. The normalized spacial score (nSPS) is 10.5. The summed E-state index contributed by atoms with van der Waals surface area (Å²) in [6, 6.07) is 7.80. The van der Waals surface area contributed by atoms with Gasteiger partial charge in [0, 0.05) is 11.8 Å². The Balaban J connectivity index is 2.10. The molecule has 0 bridgehead atoms. The Morgan fingerprint density at radius 1 is 1.00 bits per heavy atom. The van der Waals surface area contributed by atoms with Crippen LogP contribution in [0.25, 0.3) is 22.7 Å². The molecule has 1 aromatic carbocycles. The number of aromatic nitrogens is 3. The van der Waals surface area contributed by atoms with E-state index in [0.717, 1.165) is 5.56 Å². The summed E-state index contributed by atoms with van der Waals surface area (Å²) in [5, 5.41) is 0. The van der Waals surface area contributed by atoms with Crippen LogP contribution in [0.4, 0.5) is 4.39 Å². The molecule has 0 atom stereocenters. The molecule has 3 rings (SSSR count). The van der Waals surface area contributed by atoms with Gasteiger partial charge in [-0.25, -0.2) is 19.3 Å². The highest BCUT2D eigenvalue weighted by molar-refractivity contribution is 5.74. The Labute approximate surface area is 102 Å². The lowest BCUT2D eigenvalue weighted by atomic mass is 10.1. The van der Waals surface area contributed by atoms with Gasteiger partial charge in [0.15, 0.2) is 12.2 Å². The smallest absolute Gasteiger partial charge is 0.182 e. The van der Waals surface area contributed by atoms with Crippen LogP contribution in [-0.2, 0) is 0 Å². The zero-order valence-electron chi connectivity index (χ0n) is 9.25. The van der Waals surface area contributed by atoms with E-state index < -0.39 is 0 Å². The van der Waals surface area contributed by atoms with Gasteiger partial charge < -0.3 is 4.42 Å². The summed E-state index contributed by atoms with van der Waals surface area (Å²) < 4.78 is 18.2. The van der Waals surface area contributed by atoms with Crippen molar-refractivity contribution in [3.63, 3.8) is 0 Å². The Bertz CT molecular complexity index is 650. The van der Waals surface area contributed by atoms with Gasteiger partial charge >= 0.3 is 0 Å². The monoisotopic (exact) mass is 241 g/mol. The number of hydrogen-bond donors (Lipinski definition) is 0. The molecular formula is C13H8FN3O. The topological polar surface area (TPSA) is 51.8 Å². The van der Waals surface area contributed by atoms with Crippen LogP contribution in [0.2, 0.25) is 0 Å². The molecule has 3 aromatic rings. The summed E-state index contributed by atoms with van der Waals surface area (Å²) in [7, 11) is 0. The molecule has 0 N–H and O–H groups in total. The van der Waals surface area contributed by atoms with Crippen molar-refractivity contribution in [1.29, 1.82) is 0 Å². The third-order valence-corrected chi connectivity index (χ3v) is 2.50. The van der Waals surface area contributed by atoms with Gasteiger partial charge in [-0.15, -0.1) is 0 Å². The fourth-order valence-corrected chi connectivity index (χ4v) is 1.67. The number of benzene rings is 1. The molecule has 4 nitrogen and oxygen atoms in total. The van der Waals surface area contributed by atoms with Crippen LogP contribution in [0.1, 0.15) is 0 Å². The van der Waals surface area contributed by atoms with Crippen molar-refractivity contribution >= 4 is 0 Å². The maximum Gasteiger partial charge on any atom is 0.182 e. The molecule has 2 heterocycles. The number of hydrogen-bond acceptors (Lipinski definition) is 4. The van der Waals surface area contributed by atoms with E-state index in [-0.39, 0.29) is 5.82 Å². The lowest BCUT2D eigenvalue weighted by Crippen LogP contribution is -1.86. The quantitative estimate of drug-likeness (QED) is 0.692. The van der Waals surface area contributed by atoms with Gasteiger partial charge in [0.05, 0.1) is 0 Å². The lowest BCUT2D eigenvalue weighted by molar-refractivity contribution is 0.570. The molecule has 18 heavy (non-hydrogen) atoms. The van der Waals surface area contributed by atoms with Crippen molar-refractivity contribution in [2.24, 2.45) is 0 Å². The Morgan fingerprint density at radius 2 is 1.83 bits per heavy atom. The molecule has 0 amide bonds. The second kappa shape index (κ2) is 4.37. The van der Waals surface area contributed by atoms with Crippen LogP contribution in [-0.4, -0.2) is 15.0 Å². The van der Waals surface area contributed by atoms with Crippen LogP contribution in [0.15, 0.2) is 53.7 Å². The Morgan fingerprint density at radius 3 is 2.56 bits per heavy atom. The summed E-state index contributed by atoms with van der Waals surface area (Å²) in [5.74, 6) is 0.259. The van der Waals surface area contributed by atoms with E-state index in [2.05, 4.69) is 15.0 Å². The van der Waals surface area contributed by atoms with Gasteiger partial charge in [-0.05, 0) is 30.3 Å². The fourth-order valence-electron chi connectivity index (χ4n) is 1.67. The largest absolute Gasteiger partial charge is 0.441 e. The number of halogens is 1.